The first-order chi connectivity index (χ1) is 9.72. The van der Waals surface area contributed by atoms with Crippen LogP contribution in [0.3, 0.4) is 0 Å². The number of nitrogens with one attached hydrogen (secondary N) is 1. The molecule has 2 aromatic rings. The van der Waals surface area contributed by atoms with E-state index in [4.69, 9.17) is 21.1 Å². The van der Waals surface area contributed by atoms with E-state index in [-0.39, 0.29) is 5.38 Å². The summed E-state index contributed by atoms with van der Waals surface area (Å²) in [7, 11) is 3.30. The number of H-pyrrole nitrogens is 1. The van der Waals surface area contributed by atoms with E-state index in [0.717, 1.165) is 35.6 Å². The Hall–Kier alpha value is -1.68. The standard InChI is InChI=1S/C15H17ClN2O2/c1-19-14-4-3-9(7-15(14)20-2)10-5-12(16)11-8-17-18-13(11)6-10/h3-4,7-8,10,12H,5-6H2,1-2H3,(H,17,18). The van der Waals surface area contributed by atoms with Crippen molar-refractivity contribution in [3.8, 4) is 11.5 Å². The van der Waals surface area contributed by atoms with E-state index in [2.05, 4.69) is 16.3 Å². The molecule has 1 aliphatic carbocycles. The minimum atomic E-state index is 0.00981. The van der Waals surface area contributed by atoms with E-state index >= 15 is 0 Å². The Balaban J connectivity index is 1.91. The third-order valence-corrected chi connectivity index (χ3v) is 4.32. The molecule has 0 amide bonds. The predicted molar refractivity (Wildman–Crippen MR) is 77.8 cm³/mol. The zero-order valence-electron chi connectivity index (χ0n) is 11.5. The molecule has 0 spiro atoms. The van der Waals surface area contributed by atoms with Crippen molar-refractivity contribution in [3.63, 3.8) is 0 Å². The lowest BCUT2D eigenvalue weighted by molar-refractivity contribution is 0.354. The fourth-order valence-corrected chi connectivity index (χ4v) is 3.23. The zero-order valence-corrected chi connectivity index (χ0v) is 12.3. The van der Waals surface area contributed by atoms with Crippen LogP contribution in [0.25, 0.3) is 0 Å². The van der Waals surface area contributed by atoms with E-state index < -0.39 is 0 Å². The first kappa shape index (κ1) is 13.3. The Morgan fingerprint density at radius 2 is 2.05 bits per heavy atom. The number of alkyl halides is 1. The maximum atomic E-state index is 6.45. The van der Waals surface area contributed by atoms with Crippen molar-refractivity contribution in [2.45, 2.75) is 24.1 Å². The average Bonchev–Trinajstić information content (AvgIpc) is 2.95. The monoisotopic (exact) mass is 292 g/mol. The molecular formula is C15H17ClN2O2. The van der Waals surface area contributed by atoms with Gasteiger partial charge in [0, 0.05) is 11.3 Å². The maximum Gasteiger partial charge on any atom is 0.160 e. The van der Waals surface area contributed by atoms with E-state index in [1.165, 1.54) is 5.56 Å². The van der Waals surface area contributed by atoms with Crippen LogP contribution in [0.15, 0.2) is 24.4 Å². The van der Waals surface area contributed by atoms with Crippen molar-refractivity contribution in [2.24, 2.45) is 0 Å². The van der Waals surface area contributed by atoms with Gasteiger partial charge in [-0.05, 0) is 36.5 Å². The number of ether oxygens (including phenoxy) is 2. The fraction of sp³-hybridized carbons (Fsp3) is 0.400. The van der Waals surface area contributed by atoms with Gasteiger partial charge in [0.15, 0.2) is 11.5 Å². The van der Waals surface area contributed by atoms with Gasteiger partial charge in [-0.2, -0.15) is 5.10 Å². The van der Waals surface area contributed by atoms with Gasteiger partial charge in [-0.15, -0.1) is 11.6 Å². The normalized spacial score (nSPS) is 21.4. The van der Waals surface area contributed by atoms with Crippen molar-refractivity contribution in [2.75, 3.05) is 14.2 Å². The highest BCUT2D eigenvalue weighted by Gasteiger charge is 2.28. The number of halogens is 1. The number of hydrogen-bond acceptors (Lipinski definition) is 3. The molecule has 20 heavy (non-hydrogen) atoms. The molecule has 1 heterocycles. The second-order valence-electron chi connectivity index (χ2n) is 5.02. The predicted octanol–water partition coefficient (Wildman–Crippen LogP) is 3.44. The van der Waals surface area contributed by atoms with Gasteiger partial charge in [0.1, 0.15) is 0 Å². The van der Waals surface area contributed by atoms with E-state index in [9.17, 15) is 0 Å². The Labute approximate surface area is 123 Å². The van der Waals surface area contributed by atoms with E-state index in [1.807, 2.05) is 18.3 Å². The molecule has 1 N–H and O–H groups in total. The lowest BCUT2D eigenvalue weighted by Crippen LogP contribution is -2.14. The summed E-state index contributed by atoms with van der Waals surface area (Å²) in [5, 5.41) is 7.15. The van der Waals surface area contributed by atoms with Crippen molar-refractivity contribution >= 4 is 11.6 Å². The average molecular weight is 293 g/mol. The minimum Gasteiger partial charge on any atom is -0.493 e. The molecule has 106 valence electrons. The first-order valence-corrected chi connectivity index (χ1v) is 7.04. The van der Waals surface area contributed by atoms with Gasteiger partial charge in [0.25, 0.3) is 0 Å². The highest BCUT2D eigenvalue weighted by molar-refractivity contribution is 6.21. The zero-order chi connectivity index (χ0) is 14.1. The number of benzene rings is 1. The Morgan fingerprint density at radius 3 is 2.80 bits per heavy atom. The Bertz CT molecular complexity index is 612. The summed E-state index contributed by atoms with van der Waals surface area (Å²) in [6.45, 7) is 0. The number of methoxy groups -OCH3 is 2. The van der Waals surface area contributed by atoms with Crippen LogP contribution in [-0.2, 0) is 6.42 Å². The number of rotatable bonds is 3. The molecule has 1 aromatic carbocycles. The van der Waals surface area contributed by atoms with E-state index in [1.54, 1.807) is 14.2 Å². The largest absolute Gasteiger partial charge is 0.493 e. The topological polar surface area (TPSA) is 47.1 Å². The Kier molecular flexibility index (Phi) is 3.57. The van der Waals surface area contributed by atoms with Crippen LogP contribution in [0.5, 0.6) is 11.5 Å². The maximum absolute atomic E-state index is 6.45. The van der Waals surface area contributed by atoms with Gasteiger partial charge in [-0.3, -0.25) is 5.10 Å². The second kappa shape index (κ2) is 5.37. The summed E-state index contributed by atoms with van der Waals surface area (Å²) in [4.78, 5) is 0. The van der Waals surface area contributed by atoms with Crippen LogP contribution >= 0.6 is 11.6 Å². The van der Waals surface area contributed by atoms with Crippen LogP contribution in [0.2, 0.25) is 0 Å². The molecule has 0 bridgehead atoms. The molecule has 1 aliphatic rings. The highest BCUT2D eigenvalue weighted by Crippen LogP contribution is 2.42. The lowest BCUT2D eigenvalue weighted by Gasteiger charge is -2.26. The van der Waals surface area contributed by atoms with Crippen LogP contribution in [0.1, 0.15) is 34.5 Å². The molecule has 0 saturated heterocycles. The number of nitrogens with zero attached hydrogens (tertiary/aromatic N) is 1. The van der Waals surface area contributed by atoms with Crippen LogP contribution in [0, 0.1) is 0 Å². The molecule has 5 heteroatoms. The summed E-state index contributed by atoms with van der Waals surface area (Å²) < 4.78 is 10.6. The second-order valence-corrected chi connectivity index (χ2v) is 5.55. The molecule has 4 nitrogen and oxygen atoms in total. The van der Waals surface area contributed by atoms with E-state index in [0.29, 0.717) is 5.92 Å². The van der Waals surface area contributed by atoms with Crippen LogP contribution < -0.4 is 9.47 Å². The number of aromatic amines is 1. The van der Waals surface area contributed by atoms with Gasteiger partial charge in [0.2, 0.25) is 0 Å². The third-order valence-electron chi connectivity index (χ3n) is 3.91. The molecule has 0 radical (unpaired) electrons. The summed E-state index contributed by atoms with van der Waals surface area (Å²) in [6, 6.07) is 6.06. The molecule has 0 saturated carbocycles. The van der Waals surface area contributed by atoms with Gasteiger partial charge in [-0.25, -0.2) is 0 Å². The molecule has 1 aromatic heterocycles. The summed E-state index contributed by atoms with van der Waals surface area (Å²) in [5.74, 6) is 1.87. The van der Waals surface area contributed by atoms with Crippen molar-refractivity contribution < 1.29 is 9.47 Å². The van der Waals surface area contributed by atoms with Gasteiger partial charge in [-0.1, -0.05) is 6.07 Å². The summed E-state index contributed by atoms with van der Waals surface area (Å²) >= 11 is 6.45. The number of fused-ring (bicyclic) bond motifs is 1. The molecule has 0 aliphatic heterocycles. The first-order valence-electron chi connectivity index (χ1n) is 6.61. The number of aromatic nitrogens is 2. The minimum absolute atomic E-state index is 0.00981. The molecule has 2 unspecified atom stereocenters. The number of hydrogen-bond donors (Lipinski definition) is 1. The van der Waals surface area contributed by atoms with Gasteiger partial charge in [0.05, 0.1) is 25.8 Å². The lowest BCUT2D eigenvalue weighted by atomic mass is 9.83. The molecule has 2 atom stereocenters. The summed E-state index contributed by atoms with van der Waals surface area (Å²) in [6.07, 6.45) is 3.66. The summed E-state index contributed by atoms with van der Waals surface area (Å²) in [5.41, 5.74) is 3.48. The van der Waals surface area contributed by atoms with Gasteiger partial charge >= 0.3 is 0 Å². The fourth-order valence-electron chi connectivity index (χ4n) is 2.82. The molecule has 3 rings (SSSR count). The molecule has 0 fully saturated rings. The third kappa shape index (κ3) is 2.24. The van der Waals surface area contributed by atoms with Gasteiger partial charge < -0.3 is 9.47 Å². The van der Waals surface area contributed by atoms with Crippen molar-refractivity contribution in [1.82, 2.24) is 10.2 Å². The smallest absolute Gasteiger partial charge is 0.160 e. The van der Waals surface area contributed by atoms with Crippen molar-refractivity contribution in [3.05, 3.63) is 41.2 Å². The highest BCUT2D eigenvalue weighted by atomic mass is 35.5. The van der Waals surface area contributed by atoms with Crippen LogP contribution in [0.4, 0.5) is 0 Å². The quantitative estimate of drug-likeness (QED) is 0.882. The molecular weight excluding hydrogens is 276 g/mol. The SMILES string of the molecule is COc1ccc(C2Cc3[nH]ncc3C(Cl)C2)cc1OC. The van der Waals surface area contributed by atoms with Crippen LogP contribution in [-0.4, -0.2) is 24.4 Å². The Morgan fingerprint density at radius 1 is 1.25 bits per heavy atom. The van der Waals surface area contributed by atoms with Crippen molar-refractivity contribution in [1.29, 1.82) is 0 Å².